The Kier molecular flexibility index (Phi) is 4.63. The summed E-state index contributed by atoms with van der Waals surface area (Å²) in [4.78, 5) is 11.8. The first-order valence-corrected chi connectivity index (χ1v) is 8.17. The van der Waals surface area contributed by atoms with Gasteiger partial charge in [0.2, 0.25) is 0 Å². The molecule has 5 nitrogen and oxygen atoms in total. The SMILES string of the molecule is CC(C)(C)OC(=O)Nc1cc(S(C)(=O)=O)ccc1Br. The maximum Gasteiger partial charge on any atom is 0.412 e. The van der Waals surface area contributed by atoms with Gasteiger partial charge in [-0.25, -0.2) is 13.2 Å². The third kappa shape index (κ3) is 5.20. The van der Waals surface area contributed by atoms with Crippen molar-refractivity contribution in [2.75, 3.05) is 11.6 Å². The van der Waals surface area contributed by atoms with Gasteiger partial charge in [0.15, 0.2) is 9.84 Å². The fourth-order valence-corrected chi connectivity index (χ4v) is 2.24. The topological polar surface area (TPSA) is 72.5 Å². The number of sulfone groups is 1. The smallest absolute Gasteiger partial charge is 0.412 e. The minimum atomic E-state index is -3.33. The van der Waals surface area contributed by atoms with E-state index in [0.717, 1.165) is 6.26 Å². The molecule has 0 aliphatic heterocycles. The molecule has 1 aromatic carbocycles. The number of benzene rings is 1. The second kappa shape index (κ2) is 5.50. The number of amides is 1. The third-order valence-electron chi connectivity index (χ3n) is 2.00. The van der Waals surface area contributed by atoms with Crippen molar-refractivity contribution < 1.29 is 17.9 Å². The van der Waals surface area contributed by atoms with E-state index in [9.17, 15) is 13.2 Å². The molecule has 0 aromatic heterocycles. The lowest BCUT2D eigenvalue weighted by molar-refractivity contribution is 0.0636. The van der Waals surface area contributed by atoms with Crippen molar-refractivity contribution in [3.05, 3.63) is 22.7 Å². The first kappa shape index (κ1) is 16.0. The molecule has 0 fully saturated rings. The average Bonchev–Trinajstić information content (AvgIpc) is 2.16. The van der Waals surface area contributed by atoms with Crippen LogP contribution in [0.3, 0.4) is 0 Å². The molecule has 1 rings (SSSR count). The highest BCUT2D eigenvalue weighted by molar-refractivity contribution is 9.10. The summed E-state index contributed by atoms with van der Waals surface area (Å²) in [6, 6.07) is 4.39. The summed E-state index contributed by atoms with van der Waals surface area (Å²) >= 11 is 3.24. The fourth-order valence-electron chi connectivity index (χ4n) is 1.24. The molecule has 0 spiro atoms. The molecule has 0 aliphatic carbocycles. The normalized spacial score (nSPS) is 12.1. The lowest BCUT2D eigenvalue weighted by Gasteiger charge is -2.20. The summed E-state index contributed by atoms with van der Waals surface area (Å²) in [6.45, 7) is 5.23. The summed E-state index contributed by atoms with van der Waals surface area (Å²) in [5, 5.41) is 2.51. The Labute approximate surface area is 121 Å². The largest absolute Gasteiger partial charge is 0.444 e. The molecular formula is C12H16BrNO4S. The number of carbonyl (C=O) groups is 1. The van der Waals surface area contributed by atoms with E-state index in [2.05, 4.69) is 21.2 Å². The highest BCUT2D eigenvalue weighted by atomic mass is 79.9. The van der Waals surface area contributed by atoms with Gasteiger partial charge in [0, 0.05) is 10.7 Å². The molecular weight excluding hydrogens is 334 g/mol. The predicted molar refractivity (Wildman–Crippen MR) is 77.1 cm³/mol. The number of halogens is 1. The van der Waals surface area contributed by atoms with E-state index < -0.39 is 21.5 Å². The van der Waals surface area contributed by atoms with Gasteiger partial charge in [-0.1, -0.05) is 0 Å². The van der Waals surface area contributed by atoms with E-state index in [1.54, 1.807) is 26.8 Å². The number of anilines is 1. The quantitative estimate of drug-likeness (QED) is 0.889. The molecule has 1 amide bonds. The number of hydrogen-bond donors (Lipinski definition) is 1. The Hall–Kier alpha value is -1.08. The summed E-state index contributed by atoms with van der Waals surface area (Å²) in [7, 11) is -3.33. The second-order valence-corrected chi connectivity index (χ2v) is 7.91. The lowest BCUT2D eigenvalue weighted by Crippen LogP contribution is -2.27. The highest BCUT2D eigenvalue weighted by Crippen LogP contribution is 2.26. The first-order valence-electron chi connectivity index (χ1n) is 5.49. The molecule has 1 N–H and O–H groups in total. The number of rotatable bonds is 2. The molecule has 0 unspecified atom stereocenters. The van der Waals surface area contributed by atoms with Gasteiger partial charge in [-0.15, -0.1) is 0 Å². The van der Waals surface area contributed by atoms with Gasteiger partial charge in [-0.05, 0) is 54.9 Å². The van der Waals surface area contributed by atoms with Gasteiger partial charge >= 0.3 is 6.09 Å². The van der Waals surface area contributed by atoms with Crippen molar-refractivity contribution >= 4 is 37.5 Å². The Morgan fingerprint density at radius 1 is 1.32 bits per heavy atom. The predicted octanol–water partition coefficient (Wildman–Crippen LogP) is 3.20. The molecule has 0 radical (unpaired) electrons. The van der Waals surface area contributed by atoms with E-state index in [1.165, 1.54) is 12.1 Å². The first-order chi connectivity index (χ1) is 8.49. The Morgan fingerprint density at radius 2 is 1.89 bits per heavy atom. The van der Waals surface area contributed by atoms with Crippen LogP contribution < -0.4 is 5.32 Å². The fraction of sp³-hybridized carbons (Fsp3) is 0.417. The minimum Gasteiger partial charge on any atom is -0.444 e. The van der Waals surface area contributed by atoms with Crippen LogP contribution in [0.2, 0.25) is 0 Å². The minimum absolute atomic E-state index is 0.127. The lowest BCUT2D eigenvalue weighted by atomic mass is 10.2. The van der Waals surface area contributed by atoms with E-state index >= 15 is 0 Å². The Morgan fingerprint density at radius 3 is 2.37 bits per heavy atom. The van der Waals surface area contributed by atoms with E-state index in [0.29, 0.717) is 10.2 Å². The molecule has 0 saturated heterocycles. The second-order valence-electron chi connectivity index (χ2n) is 5.04. The van der Waals surface area contributed by atoms with Crippen molar-refractivity contribution in [3.8, 4) is 0 Å². The molecule has 0 atom stereocenters. The number of hydrogen-bond acceptors (Lipinski definition) is 4. The summed E-state index contributed by atoms with van der Waals surface area (Å²) < 4.78 is 28.6. The maximum atomic E-state index is 11.6. The zero-order valence-electron chi connectivity index (χ0n) is 11.2. The summed E-state index contributed by atoms with van der Waals surface area (Å²) in [6.07, 6.45) is 0.465. The molecule has 1 aromatic rings. The van der Waals surface area contributed by atoms with Crippen molar-refractivity contribution in [3.63, 3.8) is 0 Å². The summed E-state index contributed by atoms with van der Waals surface area (Å²) in [5.74, 6) is 0. The molecule has 0 saturated carbocycles. The number of nitrogens with one attached hydrogen (secondary N) is 1. The van der Waals surface area contributed by atoms with Crippen LogP contribution >= 0.6 is 15.9 Å². The van der Waals surface area contributed by atoms with E-state index in [-0.39, 0.29) is 4.90 Å². The van der Waals surface area contributed by atoms with Crippen molar-refractivity contribution in [2.45, 2.75) is 31.3 Å². The molecule has 19 heavy (non-hydrogen) atoms. The number of ether oxygens (including phenoxy) is 1. The molecule has 0 heterocycles. The van der Waals surface area contributed by atoms with Gasteiger partial charge in [0.25, 0.3) is 0 Å². The van der Waals surface area contributed by atoms with Gasteiger partial charge in [-0.2, -0.15) is 0 Å². The monoisotopic (exact) mass is 349 g/mol. The Balaban J connectivity index is 2.99. The van der Waals surface area contributed by atoms with Gasteiger partial charge in [0.05, 0.1) is 10.6 Å². The van der Waals surface area contributed by atoms with E-state index in [4.69, 9.17) is 4.74 Å². The average molecular weight is 350 g/mol. The molecule has 0 aliphatic rings. The van der Waals surface area contributed by atoms with Crippen LogP contribution in [0.4, 0.5) is 10.5 Å². The van der Waals surface area contributed by atoms with Crippen LogP contribution in [0.25, 0.3) is 0 Å². The van der Waals surface area contributed by atoms with Gasteiger partial charge < -0.3 is 4.74 Å². The van der Waals surface area contributed by atoms with Gasteiger partial charge in [0.1, 0.15) is 5.60 Å². The standard InChI is InChI=1S/C12H16BrNO4S/c1-12(2,3)18-11(15)14-10-7-8(19(4,16)17)5-6-9(10)13/h5-7H,1-4H3,(H,14,15). The maximum absolute atomic E-state index is 11.6. The highest BCUT2D eigenvalue weighted by Gasteiger charge is 2.18. The number of carbonyl (C=O) groups excluding carboxylic acids is 1. The van der Waals surface area contributed by atoms with Gasteiger partial charge in [-0.3, -0.25) is 5.32 Å². The van der Waals surface area contributed by atoms with Crippen LogP contribution in [0.5, 0.6) is 0 Å². The van der Waals surface area contributed by atoms with Crippen LogP contribution in [0.15, 0.2) is 27.6 Å². The van der Waals surface area contributed by atoms with Crippen molar-refractivity contribution in [1.29, 1.82) is 0 Å². The third-order valence-corrected chi connectivity index (χ3v) is 3.80. The van der Waals surface area contributed by atoms with Crippen LogP contribution in [0.1, 0.15) is 20.8 Å². The van der Waals surface area contributed by atoms with E-state index in [1.807, 2.05) is 0 Å². The molecule has 0 bridgehead atoms. The Bertz CT molecular complexity index is 590. The molecule has 106 valence electrons. The van der Waals surface area contributed by atoms with Crippen LogP contribution in [0, 0.1) is 0 Å². The van der Waals surface area contributed by atoms with Crippen molar-refractivity contribution in [1.82, 2.24) is 0 Å². The van der Waals surface area contributed by atoms with Crippen LogP contribution in [-0.2, 0) is 14.6 Å². The molecule has 7 heteroatoms. The van der Waals surface area contributed by atoms with Crippen molar-refractivity contribution in [2.24, 2.45) is 0 Å². The van der Waals surface area contributed by atoms with Crippen LogP contribution in [-0.4, -0.2) is 26.4 Å². The zero-order valence-corrected chi connectivity index (χ0v) is 13.6. The zero-order chi connectivity index (χ0) is 14.8. The summed E-state index contributed by atoms with van der Waals surface area (Å²) in [5.41, 5.74) is -0.275.